The molecule has 0 saturated heterocycles. The second-order valence-electron chi connectivity index (χ2n) is 6.95. The van der Waals surface area contributed by atoms with Gasteiger partial charge in [-0.1, -0.05) is 35.0 Å². The van der Waals surface area contributed by atoms with Crippen LogP contribution in [-0.2, 0) is 19.4 Å². The minimum atomic E-state index is 0. The molecule has 1 aromatic carbocycles. The Morgan fingerprint density at radius 2 is 1.93 bits per heavy atom. The molecule has 4 aromatic rings. The van der Waals surface area contributed by atoms with Crippen molar-refractivity contribution >= 4 is 30.0 Å². The Bertz CT molecular complexity index is 1090. The third kappa shape index (κ3) is 5.81. The largest absolute Gasteiger partial charge is 0.359 e. The highest BCUT2D eigenvalue weighted by Gasteiger charge is 2.06. The Balaban J connectivity index is 0.00000256. The molecule has 3 heterocycles. The van der Waals surface area contributed by atoms with E-state index in [1.807, 2.05) is 19.1 Å². The third-order valence-corrected chi connectivity index (χ3v) is 4.41. The van der Waals surface area contributed by atoms with Crippen molar-refractivity contribution in [1.82, 2.24) is 25.3 Å². The van der Waals surface area contributed by atoms with Crippen molar-refractivity contribution in [2.45, 2.75) is 33.2 Å². The van der Waals surface area contributed by atoms with E-state index >= 15 is 0 Å². The van der Waals surface area contributed by atoms with Crippen LogP contribution in [0.25, 0.3) is 0 Å². The zero-order chi connectivity index (χ0) is 20.1. The molecule has 9 heteroatoms. The van der Waals surface area contributed by atoms with Gasteiger partial charge in [0, 0.05) is 24.0 Å². The molecule has 3 aromatic heterocycles. The average Bonchev–Trinajstić information content (AvgIpc) is 3.34. The van der Waals surface area contributed by atoms with Crippen molar-refractivity contribution in [3.8, 4) is 0 Å². The molecule has 0 spiro atoms. The Kier molecular flexibility index (Phi) is 7.03. The lowest BCUT2D eigenvalue weighted by molar-refractivity contribution is 0.384. The van der Waals surface area contributed by atoms with E-state index in [9.17, 15) is 0 Å². The Morgan fingerprint density at radius 1 is 1.03 bits per heavy atom. The van der Waals surface area contributed by atoms with Crippen LogP contribution in [0.4, 0.5) is 17.6 Å². The van der Waals surface area contributed by atoms with Crippen LogP contribution in [0.15, 0.2) is 53.2 Å². The molecule has 0 radical (unpaired) electrons. The van der Waals surface area contributed by atoms with Crippen molar-refractivity contribution in [1.29, 1.82) is 0 Å². The van der Waals surface area contributed by atoms with E-state index in [-0.39, 0.29) is 12.4 Å². The molecule has 0 aliphatic carbocycles. The molecule has 0 atom stereocenters. The first-order valence-corrected chi connectivity index (χ1v) is 9.50. The van der Waals surface area contributed by atoms with Gasteiger partial charge in [0.25, 0.3) is 0 Å². The number of hydrogen-bond donors (Lipinski definition) is 3. The topological polar surface area (TPSA) is 105 Å². The summed E-state index contributed by atoms with van der Waals surface area (Å²) < 4.78 is 5.18. The fraction of sp³-hybridized carbons (Fsp3) is 0.238. The molecule has 0 unspecified atom stereocenters. The summed E-state index contributed by atoms with van der Waals surface area (Å²) in [6.07, 6.45) is 3.55. The van der Waals surface area contributed by atoms with Crippen LogP contribution < -0.4 is 10.6 Å². The first kappa shape index (κ1) is 21.3. The van der Waals surface area contributed by atoms with E-state index in [1.165, 1.54) is 11.1 Å². The predicted molar refractivity (Wildman–Crippen MR) is 118 cm³/mol. The summed E-state index contributed by atoms with van der Waals surface area (Å²) in [7, 11) is 0. The SMILES string of the molecule is Cc1cccc(CCc2cc(Nc3ccnc(NCc4cc(C)no4)n3)n[nH]2)c1.Cl. The number of rotatable bonds is 8. The van der Waals surface area contributed by atoms with Gasteiger partial charge in [0.1, 0.15) is 5.82 Å². The quantitative estimate of drug-likeness (QED) is 0.385. The highest BCUT2D eigenvalue weighted by Crippen LogP contribution is 2.16. The van der Waals surface area contributed by atoms with E-state index in [1.54, 1.807) is 12.3 Å². The Hall–Kier alpha value is -3.39. The van der Waals surface area contributed by atoms with Gasteiger partial charge in [-0.05, 0) is 38.3 Å². The van der Waals surface area contributed by atoms with Crippen LogP contribution in [0.2, 0.25) is 0 Å². The second-order valence-corrected chi connectivity index (χ2v) is 6.95. The summed E-state index contributed by atoms with van der Waals surface area (Å²) in [5, 5.41) is 17.6. The summed E-state index contributed by atoms with van der Waals surface area (Å²) in [6.45, 7) is 4.46. The number of halogens is 1. The predicted octanol–water partition coefficient (Wildman–Crippen LogP) is 4.37. The molecule has 0 aliphatic rings. The molecule has 0 amide bonds. The molecule has 0 aliphatic heterocycles. The van der Waals surface area contributed by atoms with E-state index in [0.717, 1.165) is 35.8 Å². The molecule has 8 nitrogen and oxygen atoms in total. The van der Waals surface area contributed by atoms with E-state index in [0.29, 0.717) is 18.3 Å². The molecular formula is C21H24ClN7O. The number of aromatic nitrogens is 5. The van der Waals surface area contributed by atoms with Gasteiger partial charge in [-0.15, -0.1) is 12.4 Å². The van der Waals surface area contributed by atoms with E-state index in [4.69, 9.17) is 4.52 Å². The fourth-order valence-corrected chi connectivity index (χ4v) is 3.01. The van der Waals surface area contributed by atoms with Gasteiger partial charge in [0.05, 0.1) is 12.2 Å². The van der Waals surface area contributed by atoms with Gasteiger partial charge >= 0.3 is 0 Å². The van der Waals surface area contributed by atoms with Crippen LogP contribution in [0.3, 0.4) is 0 Å². The van der Waals surface area contributed by atoms with Crippen LogP contribution in [0, 0.1) is 13.8 Å². The number of nitrogens with zero attached hydrogens (tertiary/aromatic N) is 4. The summed E-state index contributed by atoms with van der Waals surface area (Å²) >= 11 is 0. The minimum Gasteiger partial charge on any atom is -0.359 e. The van der Waals surface area contributed by atoms with Gasteiger partial charge in [0.15, 0.2) is 11.6 Å². The smallest absolute Gasteiger partial charge is 0.224 e. The number of nitrogens with one attached hydrogen (secondary N) is 3. The van der Waals surface area contributed by atoms with E-state index < -0.39 is 0 Å². The van der Waals surface area contributed by atoms with Gasteiger partial charge in [-0.2, -0.15) is 10.1 Å². The lowest BCUT2D eigenvalue weighted by atomic mass is 10.1. The van der Waals surface area contributed by atoms with Gasteiger partial charge in [0.2, 0.25) is 5.95 Å². The summed E-state index contributed by atoms with van der Waals surface area (Å²) in [4.78, 5) is 8.68. The van der Waals surface area contributed by atoms with Crippen LogP contribution in [0.5, 0.6) is 0 Å². The standard InChI is InChI=1S/C21H23N7O.ClH/c1-14-4-3-5-16(10-14)6-7-17-12-20(27-26-17)24-19-8-9-22-21(25-19)23-13-18-11-15(2)28-29-18;/h3-5,8-12H,6-7,13H2,1-2H3,(H3,22,23,24,25,26,27);1H. The monoisotopic (exact) mass is 425 g/mol. The zero-order valence-electron chi connectivity index (χ0n) is 16.8. The van der Waals surface area contributed by atoms with E-state index in [2.05, 4.69) is 67.1 Å². The molecule has 3 N–H and O–H groups in total. The van der Waals surface area contributed by atoms with Crippen molar-refractivity contribution in [2.75, 3.05) is 10.6 Å². The molecule has 0 saturated carbocycles. The maximum atomic E-state index is 5.18. The number of H-pyrrole nitrogens is 1. The van der Waals surface area contributed by atoms with Crippen LogP contribution in [-0.4, -0.2) is 25.3 Å². The van der Waals surface area contributed by atoms with Crippen LogP contribution >= 0.6 is 12.4 Å². The number of aryl methyl sites for hydroxylation is 4. The Labute approximate surface area is 180 Å². The molecule has 30 heavy (non-hydrogen) atoms. The van der Waals surface area contributed by atoms with Gasteiger partial charge in [-0.25, -0.2) is 4.98 Å². The van der Waals surface area contributed by atoms with Crippen molar-refractivity contribution in [2.24, 2.45) is 0 Å². The average molecular weight is 426 g/mol. The zero-order valence-corrected chi connectivity index (χ0v) is 17.7. The summed E-state index contributed by atoms with van der Waals surface area (Å²) in [5.41, 5.74) is 4.51. The van der Waals surface area contributed by atoms with Crippen LogP contribution in [0.1, 0.15) is 28.3 Å². The van der Waals surface area contributed by atoms with Crippen molar-refractivity contribution < 1.29 is 4.52 Å². The lowest BCUT2D eigenvalue weighted by Gasteiger charge is -2.05. The highest BCUT2D eigenvalue weighted by molar-refractivity contribution is 5.85. The minimum absolute atomic E-state index is 0. The van der Waals surface area contributed by atoms with Crippen molar-refractivity contribution in [3.05, 3.63) is 76.9 Å². The Morgan fingerprint density at radius 3 is 2.73 bits per heavy atom. The number of benzene rings is 1. The van der Waals surface area contributed by atoms with Gasteiger partial charge in [-0.3, -0.25) is 5.10 Å². The normalized spacial score (nSPS) is 10.5. The second kappa shape index (κ2) is 9.89. The molecule has 4 rings (SSSR count). The molecule has 156 valence electrons. The first-order chi connectivity index (χ1) is 14.1. The number of aromatic amines is 1. The molecule has 0 fully saturated rings. The maximum absolute atomic E-state index is 5.18. The summed E-state index contributed by atoms with van der Waals surface area (Å²) in [6, 6.07) is 14.2. The maximum Gasteiger partial charge on any atom is 0.224 e. The highest BCUT2D eigenvalue weighted by atomic mass is 35.5. The molecule has 0 bridgehead atoms. The third-order valence-electron chi connectivity index (χ3n) is 4.41. The first-order valence-electron chi connectivity index (χ1n) is 9.50. The fourth-order valence-electron chi connectivity index (χ4n) is 3.01. The lowest BCUT2D eigenvalue weighted by Crippen LogP contribution is -2.04. The number of hydrogen-bond acceptors (Lipinski definition) is 7. The number of anilines is 3. The van der Waals surface area contributed by atoms with Crippen molar-refractivity contribution in [3.63, 3.8) is 0 Å². The van der Waals surface area contributed by atoms with Gasteiger partial charge < -0.3 is 15.2 Å². The summed E-state index contributed by atoms with van der Waals surface area (Å²) in [5.74, 6) is 2.61. The molecular weight excluding hydrogens is 402 g/mol.